The number of H-pyrrole nitrogens is 1. The highest BCUT2D eigenvalue weighted by Crippen LogP contribution is 2.17. The second-order valence-electron chi connectivity index (χ2n) is 5.04. The Labute approximate surface area is 132 Å². The Kier molecular flexibility index (Phi) is 4.35. The van der Waals surface area contributed by atoms with Crippen molar-refractivity contribution in [3.8, 4) is 5.75 Å². The molecule has 2 atom stereocenters. The number of hydrogen-bond acceptors (Lipinski definition) is 4. The Bertz CT molecular complexity index is 654. The van der Waals surface area contributed by atoms with E-state index in [2.05, 4.69) is 15.4 Å². The summed E-state index contributed by atoms with van der Waals surface area (Å²) in [5, 5.41) is 7.54. The fourth-order valence-corrected chi connectivity index (χ4v) is 2.45. The highest BCUT2D eigenvalue weighted by atomic mass is 35.5. The molecule has 2 aromatic heterocycles. The number of carbonyl (C=O) groups excluding carboxylic acids is 1. The number of hydrogen-bond donors (Lipinski definition) is 2. The van der Waals surface area contributed by atoms with Gasteiger partial charge >= 0.3 is 0 Å². The molecule has 1 amide bonds. The van der Waals surface area contributed by atoms with Crippen LogP contribution in [-0.2, 0) is 11.3 Å². The van der Waals surface area contributed by atoms with Crippen molar-refractivity contribution < 1.29 is 14.3 Å². The lowest BCUT2D eigenvalue weighted by Gasteiger charge is -2.19. The number of nitrogens with zero attached hydrogens (tertiary/aromatic N) is 2. The van der Waals surface area contributed by atoms with Crippen molar-refractivity contribution in [3.05, 3.63) is 35.4 Å². The first-order valence-corrected chi connectivity index (χ1v) is 7.45. The van der Waals surface area contributed by atoms with Crippen molar-refractivity contribution in [1.82, 2.24) is 20.1 Å². The van der Waals surface area contributed by atoms with Gasteiger partial charge in [0.2, 0.25) is 0 Å². The Balaban J connectivity index is 1.61. The number of aromatic nitrogens is 3. The molecule has 3 rings (SSSR count). The quantitative estimate of drug-likeness (QED) is 0.872. The van der Waals surface area contributed by atoms with Crippen molar-refractivity contribution >= 4 is 17.5 Å². The maximum atomic E-state index is 12.1. The first kappa shape index (κ1) is 14.9. The predicted molar refractivity (Wildman–Crippen MR) is 80.2 cm³/mol. The van der Waals surface area contributed by atoms with Gasteiger partial charge in [0, 0.05) is 12.7 Å². The number of carbonyl (C=O) groups is 1. The van der Waals surface area contributed by atoms with Crippen LogP contribution in [0.3, 0.4) is 0 Å². The molecule has 22 heavy (non-hydrogen) atoms. The minimum absolute atomic E-state index is 0.223. The summed E-state index contributed by atoms with van der Waals surface area (Å²) in [5.74, 6) is 0.430. The summed E-state index contributed by atoms with van der Waals surface area (Å²) < 4.78 is 13.0. The van der Waals surface area contributed by atoms with Crippen LogP contribution in [0.15, 0.2) is 24.7 Å². The lowest BCUT2D eigenvalue weighted by Crippen LogP contribution is -2.45. The molecule has 7 nitrogen and oxygen atoms in total. The summed E-state index contributed by atoms with van der Waals surface area (Å²) in [6.07, 6.45) is 4.80. The van der Waals surface area contributed by atoms with E-state index in [-0.39, 0.29) is 18.1 Å². The average molecular weight is 325 g/mol. The first-order chi connectivity index (χ1) is 10.7. The number of nitrogens with one attached hydrogen (secondary N) is 2. The highest BCUT2D eigenvalue weighted by Gasteiger charge is 2.32. The van der Waals surface area contributed by atoms with Gasteiger partial charge < -0.3 is 19.8 Å². The van der Waals surface area contributed by atoms with Crippen LogP contribution in [0, 0.1) is 0 Å². The van der Waals surface area contributed by atoms with Crippen molar-refractivity contribution in [2.24, 2.45) is 0 Å². The van der Waals surface area contributed by atoms with Gasteiger partial charge in [0.15, 0.2) is 5.75 Å². The van der Waals surface area contributed by atoms with Gasteiger partial charge in [0.1, 0.15) is 11.8 Å². The second-order valence-corrected chi connectivity index (χ2v) is 5.47. The zero-order valence-corrected chi connectivity index (χ0v) is 12.8. The molecule has 2 N–H and O–H groups in total. The number of rotatable bonds is 5. The van der Waals surface area contributed by atoms with E-state index >= 15 is 0 Å². The first-order valence-electron chi connectivity index (χ1n) is 7.07. The van der Waals surface area contributed by atoms with E-state index in [0.29, 0.717) is 29.7 Å². The zero-order valence-electron chi connectivity index (χ0n) is 12.1. The molecule has 1 aliphatic heterocycles. The minimum atomic E-state index is -0.246. The molecule has 0 radical (unpaired) electrons. The molecule has 0 bridgehead atoms. The summed E-state index contributed by atoms with van der Waals surface area (Å²) in [5.41, 5.74) is 0.412. The number of ether oxygens (including phenoxy) is 2. The summed E-state index contributed by atoms with van der Waals surface area (Å²) in [6.45, 7) is 3.61. The third-order valence-corrected chi connectivity index (χ3v) is 3.68. The van der Waals surface area contributed by atoms with Crippen molar-refractivity contribution in [3.63, 3.8) is 0 Å². The van der Waals surface area contributed by atoms with Crippen LogP contribution in [0.1, 0.15) is 17.4 Å². The van der Waals surface area contributed by atoms with Gasteiger partial charge in [-0.2, -0.15) is 5.10 Å². The van der Waals surface area contributed by atoms with E-state index in [0.717, 1.165) is 6.54 Å². The molecular weight excluding hydrogens is 308 g/mol. The highest BCUT2D eigenvalue weighted by molar-refractivity contribution is 6.30. The second kappa shape index (κ2) is 6.41. The fourth-order valence-electron chi connectivity index (χ4n) is 2.28. The van der Waals surface area contributed by atoms with E-state index in [4.69, 9.17) is 21.1 Å². The molecule has 0 spiro atoms. The molecule has 1 saturated heterocycles. The van der Waals surface area contributed by atoms with E-state index in [1.54, 1.807) is 23.1 Å². The number of aryl methyl sites for hydroxylation is 1. The lowest BCUT2D eigenvalue weighted by atomic mass is 10.2. The van der Waals surface area contributed by atoms with Crippen molar-refractivity contribution in [2.45, 2.75) is 25.6 Å². The molecule has 0 aromatic carbocycles. The standard InChI is InChI=1S/C14H17ClN4O3/c1-2-19-6-10(5-17-19)22-13-8-21-7-12(13)18-14(20)11-3-9(15)4-16-11/h3-6,12-13,16H,2,7-8H2,1H3,(H,18,20)/t12-,13+/m0/s1. The summed E-state index contributed by atoms with van der Waals surface area (Å²) in [7, 11) is 0. The van der Waals surface area contributed by atoms with Crippen LogP contribution >= 0.6 is 11.6 Å². The smallest absolute Gasteiger partial charge is 0.268 e. The van der Waals surface area contributed by atoms with Crippen molar-refractivity contribution in [2.75, 3.05) is 13.2 Å². The molecule has 118 valence electrons. The van der Waals surface area contributed by atoms with E-state index in [1.165, 1.54) is 0 Å². The average Bonchev–Trinajstić information content (AvgIpc) is 3.22. The van der Waals surface area contributed by atoms with E-state index < -0.39 is 0 Å². The van der Waals surface area contributed by atoms with Gasteiger partial charge in [-0.25, -0.2) is 0 Å². The molecule has 0 unspecified atom stereocenters. The Morgan fingerprint density at radius 3 is 3.18 bits per heavy atom. The fraction of sp³-hybridized carbons (Fsp3) is 0.429. The van der Waals surface area contributed by atoms with Gasteiger partial charge in [0.25, 0.3) is 5.91 Å². The minimum Gasteiger partial charge on any atom is -0.482 e. The summed E-state index contributed by atoms with van der Waals surface area (Å²) >= 11 is 5.80. The van der Waals surface area contributed by atoms with Crippen LogP contribution in [0.25, 0.3) is 0 Å². The molecular formula is C14H17ClN4O3. The molecule has 1 aliphatic rings. The van der Waals surface area contributed by atoms with Crippen molar-refractivity contribution in [1.29, 1.82) is 0 Å². The predicted octanol–water partition coefficient (Wildman–Crippen LogP) is 1.46. The van der Waals surface area contributed by atoms with Crippen LogP contribution < -0.4 is 10.1 Å². The van der Waals surface area contributed by atoms with Crippen LogP contribution in [0.4, 0.5) is 0 Å². The number of aromatic amines is 1. The van der Waals surface area contributed by atoms with Gasteiger partial charge in [-0.3, -0.25) is 9.48 Å². The van der Waals surface area contributed by atoms with Gasteiger partial charge in [0.05, 0.1) is 36.7 Å². The van der Waals surface area contributed by atoms with Gasteiger partial charge in [-0.05, 0) is 13.0 Å². The lowest BCUT2D eigenvalue weighted by molar-refractivity contribution is 0.0899. The summed E-state index contributed by atoms with van der Waals surface area (Å²) in [6, 6.07) is 1.35. The summed E-state index contributed by atoms with van der Waals surface area (Å²) in [4.78, 5) is 14.9. The third kappa shape index (κ3) is 3.26. The maximum absolute atomic E-state index is 12.1. The largest absolute Gasteiger partial charge is 0.482 e. The topological polar surface area (TPSA) is 81.2 Å². The van der Waals surface area contributed by atoms with Gasteiger partial charge in [-0.1, -0.05) is 11.6 Å². The molecule has 1 fully saturated rings. The molecule has 0 saturated carbocycles. The van der Waals surface area contributed by atoms with Crippen LogP contribution in [0.2, 0.25) is 5.02 Å². The normalized spacial score (nSPS) is 21.0. The molecule has 8 heteroatoms. The SMILES string of the molecule is CCn1cc(O[C@@H]2COC[C@@H]2NC(=O)c2cc(Cl)c[nH]2)cn1. The van der Waals surface area contributed by atoms with E-state index in [9.17, 15) is 4.79 Å². The number of halogens is 1. The Hall–Kier alpha value is -1.99. The van der Waals surface area contributed by atoms with E-state index in [1.807, 2.05) is 13.1 Å². The van der Waals surface area contributed by atoms with Crippen LogP contribution in [0.5, 0.6) is 5.75 Å². The zero-order chi connectivity index (χ0) is 15.5. The molecule has 0 aliphatic carbocycles. The molecule has 3 heterocycles. The molecule has 2 aromatic rings. The van der Waals surface area contributed by atoms with Crippen LogP contribution in [-0.4, -0.2) is 46.0 Å². The van der Waals surface area contributed by atoms with Gasteiger partial charge in [-0.15, -0.1) is 0 Å². The Morgan fingerprint density at radius 1 is 1.64 bits per heavy atom. The maximum Gasteiger partial charge on any atom is 0.268 e. The monoisotopic (exact) mass is 324 g/mol. The number of amides is 1. The third-order valence-electron chi connectivity index (χ3n) is 3.46. The Morgan fingerprint density at radius 2 is 2.50 bits per heavy atom.